The number of hydrogen-bond donors (Lipinski definition) is 3. The van der Waals surface area contributed by atoms with E-state index in [1.54, 1.807) is 6.07 Å². The van der Waals surface area contributed by atoms with Crippen molar-refractivity contribution in [2.45, 2.75) is 69.2 Å². The van der Waals surface area contributed by atoms with Crippen LogP contribution in [0.25, 0.3) is 0 Å². The van der Waals surface area contributed by atoms with Crippen LogP contribution in [0.5, 0.6) is 5.75 Å². The maximum absolute atomic E-state index is 15.2. The van der Waals surface area contributed by atoms with Gasteiger partial charge in [-0.2, -0.15) is 0 Å². The van der Waals surface area contributed by atoms with Crippen molar-refractivity contribution in [1.29, 1.82) is 0 Å². The van der Waals surface area contributed by atoms with Crippen molar-refractivity contribution < 1.29 is 19.1 Å². The van der Waals surface area contributed by atoms with Crippen LogP contribution in [0.3, 0.4) is 0 Å². The fourth-order valence-corrected chi connectivity index (χ4v) is 10.5. The van der Waals surface area contributed by atoms with Crippen LogP contribution in [0.15, 0.2) is 91.0 Å². The molecule has 2 aliphatic carbocycles. The third-order valence-corrected chi connectivity index (χ3v) is 13.5. The average Bonchev–Trinajstić information content (AvgIpc) is 3.19. The number of aromatic hydroxyl groups is 1. The molecule has 8 nitrogen and oxygen atoms in total. The summed E-state index contributed by atoms with van der Waals surface area (Å²) < 4.78 is 15.2. The lowest BCUT2D eigenvalue weighted by Gasteiger charge is -2.54. The quantitative estimate of drug-likeness (QED) is 0.162. The number of anilines is 3. The van der Waals surface area contributed by atoms with Crippen LogP contribution in [0.4, 0.5) is 21.5 Å². The lowest BCUT2D eigenvalue weighted by molar-refractivity contribution is -0.133. The molecule has 3 heterocycles. The van der Waals surface area contributed by atoms with E-state index in [0.717, 1.165) is 64.6 Å². The number of aryl methyl sites for hydroxylation is 1. The van der Waals surface area contributed by atoms with E-state index in [0.29, 0.717) is 34.9 Å². The summed E-state index contributed by atoms with van der Waals surface area (Å²) in [6.07, 6.45) is 7.88. The Morgan fingerprint density at radius 1 is 0.782 bits per heavy atom. The zero-order valence-corrected chi connectivity index (χ0v) is 31.6. The van der Waals surface area contributed by atoms with Crippen molar-refractivity contribution in [3.05, 3.63) is 119 Å². The van der Waals surface area contributed by atoms with Crippen molar-refractivity contribution in [1.82, 2.24) is 10.2 Å². The van der Waals surface area contributed by atoms with Gasteiger partial charge < -0.3 is 20.2 Å². The number of phenolic OH excluding ortho intramolecular Hbond substituents is 1. The minimum absolute atomic E-state index is 0.261. The Morgan fingerprint density at radius 2 is 1.55 bits per heavy atom. The van der Waals surface area contributed by atoms with Gasteiger partial charge in [0.05, 0.1) is 5.69 Å². The summed E-state index contributed by atoms with van der Waals surface area (Å²) in [5.41, 5.74) is 8.31. The summed E-state index contributed by atoms with van der Waals surface area (Å²) in [6, 6.07) is 30.8. The van der Waals surface area contributed by atoms with Crippen molar-refractivity contribution in [2.24, 2.45) is 11.3 Å². The normalized spacial score (nSPS) is 24.3. The first-order valence-corrected chi connectivity index (χ1v) is 20.4. The number of nitrogens with one attached hydrogen (secondary N) is 2. The Morgan fingerprint density at radius 3 is 2.27 bits per heavy atom. The molecule has 1 unspecified atom stereocenters. The van der Waals surface area contributed by atoms with Gasteiger partial charge in [0.25, 0.3) is 0 Å². The minimum atomic E-state index is -0.527. The number of piperazine rings is 1. The summed E-state index contributed by atoms with van der Waals surface area (Å²) in [6.45, 7) is 6.81. The maximum atomic E-state index is 15.2. The molecule has 1 spiro atoms. The van der Waals surface area contributed by atoms with Crippen molar-refractivity contribution in [3.63, 3.8) is 0 Å². The topological polar surface area (TPSA) is 88.2 Å². The van der Waals surface area contributed by atoms with E-state index >= 15 is 4.39 Å². The first-order chi connectivity index (χ1) is 26.8. The van der Waals surface area contributed by atoms with Crippen molar-refractivity contribution >= 4 is 28.9 Å². The first-order valence-electron chi connectivity index (χ1n) is 20.4. The molecule has 9 rings (SSSR count). The minimum Gasteiger partial charge on any atom is -0.508 e. The van der Waals surface area contributed by atoms with Crippen LogP contribution in [-0.4, -0.2) is 73.7 Å². The molecule has 4 fully saturated rings. The third kappa shape index (κ3) is 7.43. The van der Waals surface area contributed by atoms with E-state index in [9.17, 15) is 14.7 Å². The predicted octanol–water partition coefficient (Wildman–Crippen LogP) is 7.43. The fourth-order valence-electron chi connectivity index (χ4n) is 10.5. The first kappa shape index (κ1) is 35.8. The Hall–Kier alpha value is -4.89. The van der Waals surface area contributed by atoms with Crippen LogP contribution in [-0.2, 0) is 16.0 Å². The van der Waals surface area contributed by atoms with Gasteiger partial charge in [-0.05, 0) is 127 Å². The van der Waals surface area contributed by atoms with Crippen LogP contribution in [0, 0.1) is 17.2 Å². The Bertz CT molecular complexity index is 2020. The number of carbonyl (C=O) groups excluding carboxylic acids is 2. The number of amides is 2. The molecule has 5 aliphatic rings. The van der Waals surface area contributed by atoms with E-state index < -0.39 is 6.04 Å². The summed E-state index contributed by atoms with van der Waals surface area (Å²) in [7, 11) is 0. The zero-order chi connectivity index (χ0) is 37.5. The van der Waals surface area contributed by atoms with Crippen molar-refractivity contribution in [2.75, 3.05) is 60.9 Å². The highest BCUT2D eigenvalue weighted by Gasteiger charge is 2.46. The number of piperidine rings is 2. The van der Waals surface area contributed by atoms with Gasteiger partial charge in [-0.1, -0.05) is 48.5 Å². The lowest BCUT2D eigenvalue weighted by atomic mass is 9.57. The Kier molecular flexibility index (Phi) is 9.75. The van der Waals surface area contributed by atoms with E-state index in [4.69, 9.17) is 0 Å². The number of benzene rings is 4. The van der Waals surface area contributed by atoms with Gasteiger partial charge in [-0.3, -0.25) is 19.8 Å². The second-order valence-corrected chi connectivity index (χ2v) is 16.9. The molecule has 0 radical (unpaired) electrons. The van der Waals surface area contributed by atoms with Crippen LogP contribution in [0.2, 0.25) is 0 Å². The smallest absolute Gasteiger partial charge is 0.249 e. The summed E-state index contributed by atoms with van der Waals surface area (Å²) in [4.78, 5) is 30.8. The number of fused-ring (bicyclic) bond motifs is 1. The largest absolute Gasteiger partial charge is 0.508 e. The Balaban J connectivity index is 0.751. The number of hydrogen-bond acceptors (Lipinski definition) is 7. The molecule has 1 saturated carbocycles. The number of rotatable bonds is 8. The van der Waals surface area contributed by atoms with Crippen LogP contribution in [0.1, 0.15) is 79.0 Å². The van der Waals surface area contributed by atoms with Crippen LogP contribution >= 0.6 is 0 Å². The molecular formula is C46H52FN5O3. The molecule has 4 aromatic rings. The third-order valence-electron chi connectivity index (χ3n) is 13.5. The SMILES string of the molecule is O=C1CCC(Nc2ccc(N3CCN(CC4CC5(CCN(c6ccc([C@@H]7c8ccc(O)cc8CC[C@@H]7c7ccccc7)cc6)CC5)C4)CC3)c(F)c2)C(=O)N1. The molecule has 3 saturated heterocycles. The van der Waals surface area contributed by atoms with E-state index in [1.165, 1.54) is 59.7 Å². The molecule has 0 bridgehead atoms. The molecule has 4 aromatic carbocycles. The van der Waals surface area contributed by atoms with Crippen molar-refractivity contribution in [3.8, 4) is 5.75 Å². The van der Waals surface area contributed by atoms with Gasteiger partial charge in [0.2, 0.25) is 11.8 Å². The predicted molar refractivity (Wildman–Crippen MR) is 215 cm³/mol. The van der Waals surface area contributed by atoms with E-state index in [2.05, 4.69) is 86.0 Å². The van der Waals surface area contributed by atoms with Gasteiger partial charge >= 0.3 is 0 Å². The van der Waals surface area contributed by atoms with Gasteiger partial charge in [-0.15, -0.1) is 0 Å². The average molecular weight is 742 g/mol. The molecule has 3 N–H and O–H groups in total. The lowest BCUT2D eigenvalue weighted by Crippen LogP contribution is -2.53. The molecule has 55 heavy (non-hydrogen) atoms. The molecule has 3 atom stereocenters. The van der Waals surface area contributed by atoms with Gasteiger partial charge in [0.15, 0.2) is 0 Å². The van der Waals surface area contributed by atoms with Gasteiger partial charge in [0, 0.05) is 69.5 Å². The molecule has 3 aliphatic heterocycles. The number of imide groups is 1. The highest BCUT2D eigenvalue weighted by molar-refractivity contribution is 6.01. The standard InChI is InChI=1S/C46H52FN5O3/c47-40-27-35(48-41-15-17-43(54)49-45(41)55)9-16-42(40)52-24-22-50(23-25-52)30-31-28-46(29-31)18-20-51(21-19-46)36-10-6-33(7-11-36)44-38(32-4-2-1-3-5-32)13-8-34-26-37(53)12-14-39(34)44/h1-7,9-12,14,16,26-27,31,38,41,44,48,53H,8,13,15,17-25,28-30H2,(H,49,54,55)/t38-,41?,44+/m1/s1. The second kappa shape index (κ2) is 15.0. The fraction of sp³-hybridized carbons (Fsp3) is 0.435. The number of halogens is 1. The molecule has 2 amide bonds. The summed E-state index contributed by atoms with van der Waals surface area (Å²) in [5, 5.41) is 15.6. The number of nitrogens with zero attached hydrogens (tertiary/aromatic N) is 3. The number of phenols is 1. The molecule has 0 aromatic heterocycles. The number of carbonyl (C=O) groups is 2. The Labute approximate surface area is 323 Å². The van der Waals surface area contributed by atoms with Gasteiger partial charge in [0.1, 0.15) is 17.6 Å². The molecular weight excluding hydrogens is 690 g/mol. The monoisotopic (exact) mass is 741 g/mol. The highest BCUT2D eigenvalue weighted by atomic mass is 19.1. The maximum Gasteiger partial charge on any atom is 0.249 e. The molecule has 286 valence electrons. The summed E-state index contributed by atoms with van der Waals surface area (Å²) >= 11 is 0. The second-order valence-electron chi connectivity index (χ2n) is 16.9. The zero-order valence-electron chi connectivity index (χ0n) is 31.6. The van der Waals surface area contributed by atoms with Crippen LogP contribution < -0.4 is 20.4 Å². The highest BCUT2D eigenvalue weighted by Crippen LogP contribution is 2.53. The summed E-state index contributed by atoms with van der Waals surface area (Å²) in [5.74, 6) is 0.864. The molecule has 9 heteroatoms. The van der Waals surface area contributed by atoms with Gasteiger partial charge in [-0.25, -0.2) is 4.39 Å². The van der Waals surface area contributed by atoms with E-state index in [1.807, 2.05) is 18.2 Å². The van der Waals surface area contributed by atoms with E-state index in [-0.39, 0.29) is 30.0 Å².